The predicted molar refractivity (Wildman–Crippen MR) is 120 cm³/mol. The second-order valence-corrected chi connectivity index (χ2v) is 7.95. The standard InChI is InChI=1S/C25H23FN4O2/c1-16-22(15-28-30(16)18-10-8-17(26)9-11-18)24-13-21(20-6-2-3-7-23(20)29-24)25(31)27-14-19-5-4-12-32-19/h2-3,6-11,13,15,19H,4-5,12,14H2,1H3,(H,27,31)/t19-/m0/s1. The zero-order valence-corrected chi connectivity index (χ0v) is 17.7. The van der Waals surface area contributed by atoms with Crippen LogP contribution in [-0.4, -0.2) is 39.9 Å². The molecule has 0 spiro atoms. The number of carbonyl (C=O) groups excluding carboxylic acids is 1. The van der Waals surface area contributed by atoms with Crippen molar-refractivity contribution in [1.29, 1.82) is 0 Å². The molecule has 1 saturated heterocycles. The van der Waals surface area contributed by atoms with E-state index >= 15 is 0 Å². The van der Waals surface area contributed by atoms with E-state index in [1.54, 1.807) is 23.0 Å². The third kappa shape index (κ3) is 3.87. The van der Waals surface area contributed by atoms with E-state index in [-0.39, 0.29) is 17.8 Å². The van der Waals surface area contributed by atoms with Crippen LogP contribution in [0.4, 0.5) is 4.39 Å². The molecule has 1 aliphatic rings. The van der Waals surface area contributed by atoms with Gasteiger partial charge in [-0.3, -0.25) is 4.79 Å². The van der Waals surface area contributed by atoms with Crippen LogP contribution in [-0.2, 0) is 4.74 Å². The second kappa shape index (κ2) is 8.51. The van der Waals surface area contributed by atoms with Gasteiger partial charge in [-0.25, -0.2) is 14.1 Å². The average molecular weight is 430 g/mol. The molecule has 4 aromatic rings. The first-order chi connectivity index (χ1) is 15.6. The second-order valence-electron chi connectivity index (χ2n) is 7.95. The summed E-state index contributed by atoms with van der Waals surface area (Å²) in [6.07, 6.45) is 3.79. The number of benzene rings is 2. The molecule has 32 heavy (non-hydrogen) atoms. The lowest BCUT2D eigenvalue weighted by atomic mass is 10.0. The van der Waals surface area contributed by atoms with Gasteiger partial charge in [0, 0.05) is 24.1 Å². The Morgan fingerprint density at radius 3 is 2.81 bits per heavy atom. The van der Waals surface area contributed by atoms with Gasteiger partial charge in [-0.2, -0.15) is 5.10 Å². The van der Waals surface area contributed by atoms with Crippen molar-refractivity contribution >= 4 is 16.8 Å². The number of aromatic nitrogens is 3. The molecule has 0 bridgehead atoms. The third-order valence-electron chi connectivity index (χ3n) is 5.83. The highest BCUT2D eigenvalue weighted by molar-refractivity contribution is 6.07. The van der Waals surface area contributed by atoms with Gasteiger partial charge in [0.05, 0.1) is 40.5 Å². The van der Waals surface area contributed by atoms with Crippen molar-refractivity contribution in [3.63, 3.8) is 0 Å². The van der Waals surface area contributed by atoms with E-state index < -0.39 is 0 Å². The Bertz CT molecular complexity index is 1280. The average Bonchev–Trinajstić information content (AvgIpc) is 3.47. The Balaban J connectivity index is 1.52. The van der Waals surface area contributed by atoms with Crippen molar-refractivity contribution in [1.82, 2.24) is 20.1 Å². The Labute approximate surface area is 185 Å². The molecular formula is C25H23FN4O2. The zero-order valence-electron chi connectivity index (χ0n) is 17.7. The number of nitrogens with zero attached hydrogens (tertiary/aromatic N) is 3. The number of nitrogens with one attached hydrogen (secondary N) is 1. The number of carbonyl (C=O) groups is 1. The molecule has 2 aromatic carbocycles. The molecule has 0 radical (unpaired) electrons. The zero-order chi connectivity index (χ0) is 22.1. The molecule has 3 heterocycles. The van der Waals surface area contributed by atoms with Gasteiger partial charge in [-0.1, -0.05) is 18.2 Å². The number of halogens is 1. The monoisotopic (exact) mass is 430 g/mol. The van der Waals surface area contributed by atoms with Crippen molar-refractivity contribution in [2.75, 3.05) is 13.2 Å². The highest BCUT2D eigenvalue weighted by atomic mass is 19.1. The van der Waals surface area contributed by atoms with Crippen molar-refractivity contribution in [2.24, 2.45) is 0 Å². The molecule has 6 nitrogen and oxygen atoms in total. The highest BCUT2D eigenvalue weighted by Crippen LogP contribution is 2.28. The van der Waals surface area contributed by atoms with E-state index in [9.17, 15) is 9.18 Å². The summed E-state index contributed by atoms with van der Waals surface area (Å²) >= 11 is 0. The number of para-hydroxylation sites is 1. The van der Waals surface area contributed by atoms with Crippen LogP contribution >= 0.6 is 0 Å². The smallest absolute Gasteiger partial charge is 0.252 e. The highest BCUT2D eigenvalue weighted by Gasteiger charge is 2.20. The molecule has 1 N–H and O–H groups in total. The van der Waals surface area contributed by atoms with Gasteiger partial charge < -0.3 is 10.1 Å². The fourth-order valence-corrected chi connectivity index (χ4v) is 4.11. The summed E-state index contributed by atoms with van der Waals surface area (Å²) in [5.74, 6) is -0.447. The minimum absolute atomic E-state index is 0.0720. The van der Waals surface area contributed by atoms with Crippen LogP contribution in [0.3, 0.4) is 0 Å². The summed E-state index contributed by atoms with van der Waals surface area (Å²) < 4.78 is 20.7. The number of pyridine rings is 1. The first-order valence-electron chi connectivity index (χ1n) is 10.7. The van der Waals surface area contributed by atoms with E-state index in [0.29, 0.717) is 17.8 Å². The largest absolute Gasteiger partial charge is 0.376 e. The van der Waals surface area contributed by atoms with Crippen molar-refractivity contribution < 1.29 is 13.9 Å². The maximum atomic E-state index is 13.3. The predicted octanol–water partition coefficient (Wildman–Crippen LogP) is 4.44. The van der Waals surface area contributed by atoms with Crippen LogP contribution in [0.5, 0.6) is 0 Å². The number of fused-ring (bicyclic) bond motifs is 1. The lowest BCUT2D eigenvalue weighted by molar-refractivity contribution is 0.0859. The molecule has 1 fully saturated rings. The van der Waals surface area contributed by atoms with Gasteiger partial charge in [0.1, 0.15) is 5.82 Å². The number of rotatable bonds is 5. The molecule has 7 heteroatoms. The molecule has 5 rings (SSSR count). The molecule has 1 atom stereocenters. The van der Waals surface area contributed by atoms with Gasteiger partial charge in [0.15, 0.2) is 0 Å². The summed E-state index contributed by atoms with van der Waals surface area (Å²) in [5.41, 5.74) is 4.39. The Kier molecular flexibility index (Phi) is 5.41. The van der Waals surface area contributed by atoms with E-state index in [0.717, 1.165) is 47.3 Å². The molecule has 1 aliphatic heterocycles. The van der Waals surface area contributed by atoms with E-state index in [1.165, 1.54) is 12.1 Å². The van der Waals surface area contributed by atoms with E-state index in [4.69, 9.17) is 9.72 Å². The SMILES string of the molecule is Cc1c(-c2cc(C(=O)NC[C@@H]3CCCO3)c3ccccc3n2)cnn1-c1ccc(F)cc1. The minimum atomic E-state index is -0.298. The van der Waals surface area contributed by atoms with Gasteiger partial charge >= 0.3 is 0 Å². The van der Waals surface area contributed by atoms with Crippen LogP contribution in [0.15, 0.2) is 60.8 Å². The molecule has 0 unspecified atom stereocenters. The quantitative estimate of drug-likeness (QED) is 0.508. The Hall–Kier alpha value is -3.58. The fraction of sp³-hybridized carbons (Fsp3) is 0.240. The minimum Gasteiger partial charge on any atom is -0.376 e. The van der Waals surface area contributed by atoms with Crippen LogP contribution in [0.25, 0.3) is 27.8 Å². The van der Waals surface area contributed by atoms with Crippen molar-refractivity contribution in [2.45, 2.75) is 25.9 Å². The van der Waals surface area contributed by atoms with Gasteiger partial charge in [-0.05, 0) is 56.2 Å². The van der Waals surface area contributed by atoms with E-state index in [1.807, 2.05) is 37.3 Å². The van der Waals surface area contributed by atoms with Crippen LogP contribution in [0, 0.1) is 12.7 Å². The van der Waals surface area contributed by atoms with Crippen molar-refractivity contribution in [3.8, 4) is 16.9 Å². The maximum Gasteiger partial charge on any atom is 0.252 e. The van der Waals surface area contributed by atoms with Gasteiger partial charge in [0.25, 0.3) is 5.91 Å². The van der Waals surface area contributed by atoms with Crippen LogP contribution < -0.4 is 5.32 Å². The van der Waals surface area contributed by atoms with E-state index in [2.05, 4.69) is 10.4 Å². The summed E-state index contributed by atoms with van der Waals surface area (Å²) in [6.45, 7) is 3.17. The van der Waals surface area contributed by atoms with Crippen LogP contribution in [0.2, 0.25) is 0 Å². The van der Waals surface area contributed by atoms with Crippen LogP contribution in [0.1, 0.15) is 28.9 Å². The maximum absolute atomic E-state index is 13.3. The summed E-state index contributed by atoms with van der Waals surface area (Å²) in [7, 11) is 0. The topological polar surface area (TPSA) is 69.0 Å². The summed E-state index contributed by atoms with van der Waals surface area (Å²) in [4.78, 5) is 17.9. The van der Waals surface area contributed by atoms with Crippen molar-refractivity contribution in [3.05, 3.63) is 77.9 Å². The lowest BCUT2D eigenvalue weighted by Gasteiger charge is -2.13. The molecular weight excluding hydrogens is 407 g/mol. The molecule has 2 aromatic heterocycles. The summed E-state index contributed by atoms with van der Waals surface area (Å²) in [6, 6.07) is 15.6. The Morgan fingerprint density at radius 2 is 2.03 bits per heavy atom. The normalized spacial score (nSPS) is 15.9. The first kappa shape index (κ1) is 20.3. The number of hydrogen-bond acceptors (Lipinski definition) is 4. The number of ether oxygens (including phenoxy) is 1. The molecule has 162 valence electrons. The number of hydrogen-bond donors (Lipinski definition) is 1. The first-order valence-corrected chi connectivity index (χ1v) is 10.7. The van der Waals surface area contributed by atoms with Gasteiger partial charge in [0.2, 0.25) is 0 Å². The Morgan fingerprint density at radius 1 is 1.22 bits per heavy atom. The number of amides is 1. The third-order valence-corrected chi connectivity index (χ3v) is 5.83. The molecule has 1 amide bonds. The molecule has 0 saturated carbocycles. The summed E-state index contributed by atoms with van der Waals surface area (Å²) in [5, 5.41) is 8.28. The lowest BCUT2D eigenvalue weighted by Crippen LogP contribution is -2.32. The van der Waals surface area contributed by atoms with Gasteiger partial charge in [-0.15, -0.1) is 0 Å². The molecule has 0 aliphatic carbocycles. The fourth-order valence-electron chi connectivity index (χ4n) is 4.11.